The minimum Gasteiger partial charge on any atom is -0.504 e. The molecule has 262 valence electrons. The Hall–Kier alpha value is -3.03. The summed E-state index contributed by atoms with van der Waals surface area (Å²) in [5, 5.41) is 23.8. The third kappa shape index (κ3) is 3.32. The number of allylic oxidation sites excluding steroid dienone is 1. The monoisotopic (exact) mass is 672 g/mol. The van der Waals surface area contributed by atoms with Crippen molar-refractivity contribution in [1.82, 2.24) is 0 Å². The number of carbonyl (C=O) groups excluding carboxylic acids is 5. The summed E-state index contributed by atoms with van der Waals surface area (Å²) in [4.78, 5) is 66.8. The maximum absolute atomic E-state index is 14.8. The van der Waals surface area contributed by atoms with Crippen molar-refractivity contribution >= 4 is 29.7 Å². The second-order valence-electron chi connectivity index (χ2n) is 16.5. The molecule has 2 N–H and O–H groups in total. The Morgan fingerprint density at radius 2 is 1.44 bits per heavy atom. The second kappa shape index (κ2) is 9.19. The summed E-state index contributed by atoms with van der Waals surface area (Å²) < 4.78 is 36.6. The fraction of sp³-hybridized carbons (Fsp3) is 0.800. The molecule has 13 nitrogen and oxygen atoms in total. The SMILES string of the molecule is CC(=O)O[C@H]1[C@@H]2[C@H]([C@H](C)[C@@H]3O[C@@]34OC(=O)[C@@](C)(O)[C@]24C)[C@]2(C)[C@@H]1C1C(=O)C(O)=C3C[C@@H]4O[C@@H]4[C@H](OC(C)=O)[C@]3(C)[C@H]1[C@H](C)[C@@H]2OC(C)=O. The molecular weight excluding hydrogens is 628 g/mol. The number of aliphatic hydroxyl groups excluding tert-OH is 1. The molecule has 0 radical (unpaired) electrons. The molecule has 1 spiro atoms. The van der Waals surface area contributed by atoms with Crippen LogP contribution in [0.5, 0.6) is 0 Å². The van der Waals surface area contributed by atoms with Crippen LogP contribution >= 0.6 is 0 Å². The number of Topliss-reactive ketones (excluding diaryl/α,β-unsaturated/α-hetero) is 1. The number of carbonyl (C=O) groups is 5. The van der Waals surface area contributed by atoms with Gasteiger partial charge in [0.15, 0.2) is 11.4 Å². The molecule has 0 aromatic heterocycles. The second-order valence-corrected chi connectivity index (χ2v) is 16.5. The van der Waals surface area contributed by atoms with Crippen LogP contribution in [0, 0.1) is 57.7 Å². The maximum atomic E-state index is 14.8. The first kappa shape index (κ1) is 32.2. The number of rotatable bonds is 3. The van der Waals surface area contributed by atoms with Gasteiger partial charge in [-0.05, 0) is 43.1 Å². The van der Waals surface area contributed by atoms with E-state index in [1.54, 1.807) is 6.92 Å². The van der Waals surface area contributed by atoms with Crippen LogP contribution in [0.3, 0.4) is 0 Å². The summed E-state index contributed by atoms with van der Waals surface area (Å²) in [6.07, 6.45) is -3.95. The normalized spacial score (nSPS) is 56.6. The summed E-state index contributed by atoms with van der Waals surface area (Å²) in [6.45, 7) is 14.6. The van der Waals surface area contributed by atoms with Gasteiger partial charge in [-0.2, -0.15) is 0 Å². The fourth-order valence-electron chi connectivity index (χ4n) is 12.9. The molecule has 3 heterocycles. The van der Waals surface area contributed by atoms with Gasteiger partial charge in [0.25, 0.3) is 0 Å². The van der Waals surface area contributed by atoms with E-state index in [0.717, 1.165) is 0 Å². The molecule has 8 aliphatic rings. The van der Waals surface area contributed by atoms with E-state index in [0.29, 0.717) is 5.57 Å². The van der Waals surface area contributed by atoms with Crippen molar-refractivity contribution in [1.29, 1.82) is 0 Å². The molecule has 0 aromatic rings. The Bertz CT molecular complexity index is 1620. The first-order valence-electron chi connectivity index (χ1n) is 17.0. The molecule has 3 saturated heterocycles. The predicted octanol–water partition coefficient (Wildman–Crippen LogP) is 2.16. The van der Waals surface area contributed by atoms with Gasteiger partial charge in [0.1, 0.15) is 30.5 Å². The summed E-state index contributed by atoms with van der Waals surface area (Å²) in [5.41, 5.74) is -5.33. The van der Waals surface area contributed by atoms with E-state index in [2.05, 4.69) is 0 Å². The topological polar surface area (TPSA) is 188 Å². The van der Waals surface area contributed by atoms with Crippen LogP contribution in [0.4, 0.5) is 0 Å². The number of esters is 4. The van der Waals surface area contributed by atoms with Gasteiger partial charge < -0.3 is 38.6 Å². The van der Waals surface area contributed by atoms with E-state index >= 15 is 0 Å². The molecule has 48 heavy (non-hydrogen) atoms. The fourth-order valence-corrected chi connectivity index (χ4v) is 12.9. The van der Waals surface area contributed by atoms with E-state index in [1.165, 1.54) is 27.7 Å². The van der Waals surface area contributed by atoms with Gasteiger partial charge in [-0.25, -0.2) is 4.79 Å². The molecule has 5 aliphatic carbocycles. The minimum absolute atomic E-state index is 0.268. The van der Waals surface area contributed by atoms with Crippen LogP contribution in [0.1, 0.15) is 68.7 Å². The highest BCUT2D eigenvalue weighted by atomic mass is 16.8. The Morgan fingerprint density at radius 3 is 2.04 bits per heavy atom. The molecule has 3 aliphatic heterocycles. The zero-order valence-electron chi connectivity index (χ0n) is 28.6. The average Bonchev–Trinajstić information content (AvgIpc) is 3.88. The molecule has 0 amide bonds. The van der Waals surface area contributed by atoms with Gasteiger partial charge in [-0.15, -0.1) is 0 Å². The van der Waals surface area contributed by atoms with Crippen molar-refractivity contribution in [3.8, 4) is 0 Å². The third-order valence-electron chi connectivity index (χ3n) is 14.6. The van der Waals surface area contributed by atoms with Crippen molar-refractivity contribution < 1.29 is 62.6 Å². The van der Waals surface area contributed by atoms with E-state index < -0.39 is 129 Å². The predicted molar refractivity (Wildman–Crippen MR) is 159 cm³/mol. The largest absolute Gasteiger partial charge is 0.504 e. The van der Waals surface area contributed by atoms with Crippen LogP contribution < -0.4 is 0 Å². The molecule has 1 unspecified atom stereocenters. The van der Waals surface area contributed by atoms with Crippen LogP contribution in [-0.4, -0.2) is 87.9 Å². The summed E-state index contributed by atoms with van der Waals surface area (Å²) in [5.74, 6) is -9.82. The quantitative estimate of drug-likeness (QED) is 0.253. The van der Waals surface area contributed by atoms with E-state index in [9.17, 15) is 34.2 Å². The number of epoxide rings is 2. The first-order valence-corrected chi connectivity index (χ1v) is 17.0. The standard InChI is InChI=1S/C35H44O13/c1-11-19-18(24(40)23(39)16-10-17-25(46-17)29(31(16,19)6)45-15(5)38)21-26(43-13(3)36)22-20(32(21,7)27(11)44-14(4)37)12(2)28-35(47-28)33(22,8)34(9,42)30(41)48-35/h11-12,17-22,25-29,39,42H,10H2,1-9H3/t11-,12-,17-,18?,19-,20-,21+,22-,25-,26+,27-,28-,29-,31-,32+,33-,34+,35+/m0/s1. The lowest BCUT2D eigenvalue weighted by Crippen LogP contribution is -2.68. The highest BCUT2D eigenvalue weighted by molar-refractivity contribution is 5.98. The summed E-state index contributed by atoms with van der Waals surface area (Å²) in [7, 11) is 0. The lowest BCUT2D eigenvalue weighted by atomic mass is 9.41. The van der Waals surface area contributed by atoms with Crippen molar-refractivity contribution in [3.05, 3.63) is 11.3 Å². The molecule has 0 bridgehead atoms. The Kier molecular flexibility index (Phi) is 6.17. The van der Waals surface area contributed by atoms with E-state index in [4.69, 9.17) is 28.4 Å². The molecule has 18 atom stereocenters. The number of aliphatic hydroxyl groups is 2. The highest BCUT2D eigenvalue weighted by Gasteiger charge is 2.93. The van der Waals surface area contributed by atoms with Crippen LogP contribution in [-0.2, 0) is 52.4 Å². The number of hydrogen-bond acceptors (Lipinski definition) is 13. The molecule has 8 rings (SSSR count). The molecule has 0 aromatic carbocycles. The van der Waals surface area contributed by atoms with Crippen molar-refractivity contribution in [2.75, 3.05) is 0 Å². The Balaban J connectivity index is 1.40. The van der Waals surface area contributed by atoms with Gasteiger partial charge in [-0.3, -0.25) is 19.2 Å². The average molecular weight is 673 g/mol. The molecule has 7 fully saturated rings. The van der Waals surface area contributed by atoms with Crippen LogP contribution in [0.2, 0.25) is 0 Å². The summed E-state index contributed by atoms with van der Waals surface area (Å²) >= 11 is 0. The van der Waals surface area contributed by atoms with Crippen LogP contribution in [0.15, 0.2) is 11.3 Å². The molecule has 4 saturated carbocycles. The lowest BCUT2D eigenvalue weighted by Gasteiger charge is -2.62. The van der Waals surface area contributed by atoms with Crippen molar-refractivity contribution in [3.63, 3.8) is 0 Å². The molecular formula is C35H44O13. The number of fused-ring (bicyclic) bond motifs is 9. The number of ketones is 1. The van der Waals surface area contributed by atoms with Crippen molar-refractivity contribution in [2.45, 2.75) is 117 Å². The van der Waals surface area contributed by atoms with Gasteiger partial charge in [0.2, 0.25) is 11.6 Å². The Morgan fingerprint density at radius 1 is 0.833 bits per heavy atom. The van der Waals surface area contributed by atoms with Crippen LogP contribution in [0.25, 0.3) is 0 Å². The summed E-state index contributed by atoms with van der Waals surface area (Å²) in [6, 6.07) is 0. The molecule has 13 heteroatoms. The van der Waals surface area contributed by atoms with Gasteiger partial charge >= 0.3 is 23.9 Å². The number of hydrogen-bond donors (Lipinski definition) is 2. The third-order valence-corrected chi connectivity index (χ3v) is 14.6. The van der Waals surface area contributed by atoms with Gasteiger partial charge in [0, 0.05) is 55.8 Å². The minimum atomic E-state index is -2.07. The smallest absolute Gasteiger partial charge is 0.341 e. The highest BCUT2D eigenvalue weighted by Crippen LogP contribution is 2.81. The lowest BCUT2D eigenvalue weighted by molar-refractivity contribution is -0.217. The van der Waals surface area contributed by atoms with E-state index in [-0.39, 0.29) is 18.4 Å². The Labute approximate surface area is 277 Å². The van der Waals surface area contributed by atoms with E-state index in [1.807, 2.05) is 27.7 Å². The number of ether oxygens (including phenoxy) is 6. The zero-order valence-corrected chi connectivity index (χ0v) is 28.6. The van der Waals surface area contributed by atoms with Crippen molar-refractivity contribution in [2.24, 2.45) is 57.7 Å². The first-order chi connectivity index (χ1) is 22.2. The van der Waals surface area contributed by atoms with Gasteiger partial charge in [-0.1, -0.05) is 27.7 Å². The zero-order chi connectivity index (χ0) is 35.0. The maximum Gasteiger partial charge on any atom is 0.341 e. The van der Waals surface area contributed by atoms with Gasteiger partial charge in [0.05, 0.1) is 11.5 Å².